The molecule has 0 unspecified atom stereocenters. The molecule has 1 aliphatic carbocycles. The van der Waals surface area contributed by atoms with Gasteiger partial charge in [0.2, 0.25) is 0 Å². The minimum Gasteiger partial charge on any atom is -0.321 e. The minimum atomic E-state index is -0.266. The number of anilines is 1. The molecule has 0 bridgehead atoms. The summed E-state index contributed by atoms with van der Waals surface area (Å²) in [6, 6.07) is 9.47. The highest BCUT2D eigenvalue weighted by Crippen LogP contribution is 2.40. The van der Waals surface area contributed by atoms with Crippen LogP contribution in [0.25, 0.3) is 11.4 Å². The van der Waals surface area contributed by atoms with Crippen LogP contribution in [-0.2, 0) is 5.54 Å². The van der Waals surface area contributed by atoms with Gasteiger partial charge in [-0.3, -0.25) is 14.6 Å². The maximum absolute atomic E-state index is 13.0. The number of aryl methyl sites for hydroxylation is 1. The molecule has 1 fully saturated rings. The lowest BCUT2D eigenvalue weighted by Crippen LogP contribution is -2.29. The largest absolute Gasteiger partial charge is 0.321 e. The van der Waals surface area contributed by atoms with E-state index in [0.717, 1.165) is 29.9 Å². The number of rotatable bonds is 4. The monoisotopic (exact) mass is 364 g/mol. The third-order valence-corrected chi connectivity index (χ3v) is 4.57. The Hall–Kier alpha value is -2.96. The van der Waals surface area contributed by atoms with Gasteiger partial charge in [-0.25, -0.2) is 4.98 Å². The number of carbonyl (C=O) groups excluding carboxylic acids is 1. The predicted molar refractivity (Wildman–Crippen MR) is 104 cm³/mol. The van der Waals surface area contributed by atoms with E-state index in [9.17, 15) is 4.79 Å². The normalized spacial score (nSPS) is 14.4. The van der Waals surface area contributed by atoms with Gasteiger partial charge in [-0.1, -0.05) is 12.1 Å². The number of hydrogen-bond donors (Lipinski definition) is 2. The highest BCUT2D eigenvalue weighted by Gasteiger charge is 2.31. The van der Waals surface area contributed by atoms with Gasteiger partial charge in [0.25, 0.3) is 5.91 Å². The summed E-state index contributed by atoms with van der Waals surface area (Å²) in [5.74, 6) is 1.70. The number of nitrogens with one attached hydrogen (secondary N) is 2. The molecular formula is C20H24N6O. The maximum atomic E-state index is 13.0. The summed E-state index contributed by atoms with van der Waals surface area (Å²) in [4.78, 5) is 17.3. The third-order valence-electron chi connectivity index (χ3n) is 4.57. The molecule has 2 heterocycles. The van der Waals surface area contributed by atoms with Crippen LogP contribution in [0.15, 0.2) is 30.3 Å². The highest BCUT2D eigenvalue weighted by atomic mass is 16.2. The zero-order valence-corrected chi connectivity index (χ0v) is 16.1. The van der Waals surface area contributed by atoms with Crippen LogP contribution in [0.1, 0.15) is 61.5 Å². The van der Waals surface area contributed by atoms with Gasteiger partial charge in [0, 0.05) is 17.2 Å². The molecule has 1 saturated carbocycles. The second-order valence-electron chi connectivity index (χ2n) is 8.09. The Bertz CT molecular complexity index is 990. The molecule has 2 N–H and O–H groups in total. The van der Waals surface area contributed by atoms with Crippen molar-refractivity contribution in [3.8, 4) is 11.4 Å². The van der Waals surface area contributed by atoms with Crippen LogP contribution in [0.3, 0.4) is 0 Å². The number of amides is 1. The predicted octanol–water partition coefficient (Wildman–Crippen LogP) is 3.86. The molecule has 27 heavy (non-hydrogen) atoms. The van der Waals surface area contributed by atoms with Crippen molar-refractivity contribution < 1.29 is 4.79 Å². The smallest absolute Gasteiger partial charge is 0.273 e. The number of nitrogens with zero attached hydrogens (tertiary/aromatic N) is 4. The summed E-state index contributed by atoms with van der Waals surface area (Å²) >= 11 is 0. The fraction of sp³-hybridized carbons (Fsp3) is 0.400. The summed E-state index contributed by atoms with van der Waals surface area (Å²) in [6.45, 7) is 8.02. The average molecular weight is 364 g/mol. The first-order valence-electron chi connectivity index (χ1n) is 9.22. The summed E-state index contributed by atoms with van der Waals surface area (Å²) < 4.78 is 1.83. The number of aromatic amines is 1. The van der Waals surface area contributed by atoms with E-state index in [1.54, 1.807) is 0 Å². The Morgan fingerprint density at radius 3 is 2.67 bits per heavy atom. The van der Waals surface area contributed by atoms with Crippen molar-refractivity contribution in [1.29, 1.82) is 0 Å². The topological polar surface area (TPSA) is 88.5 Å². The molecule has 0 spiro atoms. The molecule has 7 heteroatoms. The van der Waals surface area contributed by atoms with Crippen molar-refractivity contribution in [3.63, 3.8) is 0 Å². The molecule has 140 valence electrons. The summed E-state index contributed by atoms with van der Waals surface area (Å²) in [7, 11) is 0. The molecule has 1 aliphatic rings. The second-order valence-corrected chi connectivity index (χ2v) is 8.09. The molecule has 1 aromatic carbocycles. The molecule has 1 amide bonds. The van der Waals surface area contributed by atoms with E-state index >= 15 is 0 Å². The molecule has 0 saturated heterocycles. The van der Waals surface area contributed by atoms with Gasteiger partial charge in [0.15, 0.2) is 5.82 Å². The third kappa shape index (κ3) is 3.63. The van der Waals surface area contributed by atoms with Crippen molar-refractivity contribution >= 4 is 11.6 Å². The lowest BCUT2D eigenvalue weighted by molar-refractivity contribution is 0.100. The van der Waals surface area contributed by atoms with Gasteiger partial charge in [0.1, 0.15) is 11.5 Å². The average Bonchev–Trinajstić information content (AvgIpc) is 3.19. The lowest BCUT2D eigenvalue weighted by atomic mass is 10.1. The first-order valence-corrected chi connectivity index (χ1v) is 9.22. The molecular weight excluding hydrogens is 340 g/mol. The van der Waals surface area contributed by atoms with Gasteiger partial charge >= 0.3 is 0 Å². The van der Waals surface area contributed by atoms with Crippen molar-refractivity contribution in [1.82, 2.24) is 25.0 Å². The van der Waals surface area contributed by atoms with Gasteiger partial charge in [-0.2, -0.15) is 10.2 Å². The van der Waals surface area contributed by atoms with E-state index in [1.165, 1.54) is 0 Å². The molecule has 0 radical (unpaired) electrons. The minimum absolute atomic E-state index is 0.160. The van der Waals surface area contributed by atoms with Gasteiger partial charge in [-0.15, -0.1) is 0 Å². The Labute approximate surface area is 158 Å². The van der Waals surface area contributed by atoms with E-state index in [0.29, 0.717) is 23.1 Å². The molecule has 2 aromatic heterocycles. The van der Waals surface area contributed by atoms with Gasteiger partial charge in [-0.05, 0) is 58.7 Å². The molecule has 7 nitrogen and oxygen atoms in total. The van der Waals surface area contributed by atoms with Crippen LogP contribution in [-0.4, -0.2) is 30.9 Å². The van der Waals surface area contributed by atoms with Crippen LogP contribution < -0.4 is 5.32 Å². The summed E-state index contributed by atoms with van der Waals surface area (Å²) in [6.07, 6.45) is 2.31. The van der Waals surface area contributed by atoms with E-state index in [4.69, 9.17) is 5.10 Å². The van der Waals surface area contributed by atoms with Crippen LogP contribution in [0.2, 0.25) is 0 Å². The van der Waals surface area contributed by atoms with E-state index in [1.807, 2.05) is 41.9 Å². The maximum Gasteiger partial charge on any atom is 0.273 e. The number of H-pyrrole nitrogens is 1. The standard InChI is InChI=1S/C20H24N6O/c1-12-21-18(24-23-12)14-6-5-7-15(10-14)22-19(27)17-11-16(13-8-9-13)25-26(17)20(2,3)4/h5-7,10-11,13H,8-9H2,1-4H3,(H,22,27)(H,21,23,24). The molecule has 0 atom stereocenters. The first kappa shape index (κ1) is 17.5. The molecule has 3 aromatic rings. The van der Waals surface area contributed by atoms with Crippen LogP contribution in [0, 0.1) is 6.92 Å². The fourth-order valence-corrected chi connectivity index (χ4v) is 3.05. The van der Waals surface area contributed by atoms with E-state index < -0.39 is 0 Å². The highest BCUT2D eigenvalue weighted by molar-refractivity contribution is 6.03. The van der Waals surface area contributed by atoms with Crippen molar-refractivity contribution in [2.24, 2.45) is 0 Å². The summed E-state index contributed by atoms with van der Waals surface area (Å²) in [5.41, 5.74) is 2.89. The first-order chi connectivity index (χ1) is 12.8. The number of benzene rings is 1. The van der Waals surface area contributed by atoms with Crippen molar-refractivity contribution in [2.45, 2.75) is 52.0 Å². The molecule has 4 rings (SSSR count). The zero-order valence-electron chi connectivity index (χ0n) is 16.1. The van der Waals surface area contributed by atoms with Crippen LogP contribution >= 0.6 is 0 Å². The Balaban J connectivity index is 1.61. The zero-order chi connectivity index (χ0) is 19.2. The second kappa shape index (κ2) is 6.33. The SMILES string of the molecule is Cc1nc(-c2cccc(NC(=O)c3cc(C4CC4)nn3C(C)(C)C)c2)n[nH]1. The Kier molecular flexibility index (Phi) is 4.09. The van der Waals surface area contributed by atoms with Gasteiger partial charge in [0.05, 0.1) is 11.2 Å². The Morgan fingerprint density at radius 2 is 2.04 bits per heavy atom. The van der Waals surface area contributed by atoms with Crippen molar-refractivity contribution in [2.75, 3.05) is 5.32 Å². The quantitative estimate of drug-likeness (QED) is 0.736. The van der Waals surface area contributed by atoms with Crippen LogP contribution in [0.5, 0.6) is 0 Å². The summed E-state index contributed by atoms with van der Waals surface area (Å²) in [5, 5.41) is 14.7. The van der Waals surface area contributed by atoms with Crippen molar-refractivity contribution in [3.05, 3.63) is 47.5 Å². The molecule has 0 aliphatic heterocycles. The van der Waals surface area contributed by atoms with Crippen LogP contribution in [0.4, 0.5) is 5.69 Å². The number of carbonyl (C=O) groups is 1. The number of hydrogen-bond acceptors (Lipinski definition) is 4. The lowest BCUT2D eigenvalue weighted by Gasteiger charge is -2.22. The van der Waals surface area contributed by atoms with E-state index in [2.05, 4.69) is 41.3 Å². The Morgan fingerprint density at radius 1 is 1.26 bits per heavy atom. The van der Waals surface area contributed by atoms with Gasteiger partial charge < -0.3 is 5.32 Å². The fourth-order valence-electron chi connectivity index (χ4n) is 3.05. The van der Waals surface area contributed by atoms with E-state index in [-0.39, 0.29) is 11.4 Å². The number of aromatic nitrogens is 5.